The number of nitrogens with two attached hydrogens (primary N) is 1. The highest BCUT2D eigenvalue weighted by atomic mass is 16.5. The number of nitrogen functional groups attached to an aromatic ring is 1. The van der Waals surface area contributed by atoms with Gasteiger partial charge in [-0.15, -0.1) is 0 Å². The zero-order chi connectivity index (χ0) is 14.5. The standard InChI is InChI=1S/C16H21N3O/c1-11-4-6-14(7-5-11)20-10-12(2)18-16-9-8-15(17)13(3)19-16/h4-9,12H,10,17H2,1-3H3,(H,18,19). The maximum absolute atomic E-state index is 5.75. The molecule has 3 N–H and O–H groups in total. The SMILES string of the molecule is Cc1ccc(OCC(C)Nc2ccc(N)c(C)n2)cc1. The van der Waals surface area contributed by atoms with E-state index in [0.717, 1.165) is 17.3 Å². The Labute approximate surface area is 120 Å². The van der Waals surface area contributed by atoms with Crippen molar-refractivity contribution in [2.45, 2.75) is 26.8 Å². The van der Waals surface area contributed by atoms with Crippen LogP contribution >= 0.6 is 0 Å². The van der Waals surface area contributed by atoms with Gasteiger partial charge in [-0.3, -0.25) is 0 Å². The first-order chi connectivity index (χ1) is 9.54. The van der Waals surface area contributed by atoms with Crippen molar-refractivity contribution in [3.8, 4) is 5.75 Å². The van der Waals surface area contributed by atoms with E-state index in [1.165, 1.54) is 5.56 Å². The summed E-state index contributed by atoms with van der Waals surface area (Å²) >= 11 is 0. The monoisotopic (exact) mass is 271 g/mol. The molecule has 1 aromatic heterocycles. The van der Waals surface area contributed by atoms with Crippen LogP contribution in [0.15, 0.2) is 36.4 Å². The summed E-state index contributed by atoms with van der Waals surface area (Å²) < 4.78 is 5.73. The summed E-state index contributed by atoms with van der Waals surface area (Å²) in [6, 6.07) is 11.9. The fraction of sp³-hybridized carbons (Fsp3) is 0.312. The molecule has 0 saturated heterocycles. The molecule has 20 heavy (non-hydrogen) atoms. The number of rotatable bonds is 5. The Morgan fingerprint density at radius 2 is 1.85 bits per heavy atom. The van der Waals surface area contributed by atoms with Crippen LogP contribution in [-0.4, -0.2) is 17.6 Å². The maximum Gasteiger partial charge on any atom is 0.126 e. The van der Waals surface area contributed by atoms with Gasteiger partial charge >= 0.3 is 0 Å². The van der Waals surface area contributed by atoms with Crippen LogP contribution in [0.1, 0.15) is 18.2 Å². The molecule has 106 valence electrons. The Bertz CT molecular complexity index is 566. The summed E-state index contributed by atoms with van der Waals surface area (Å²) in [7, 11) is 0. The molecular weight excluding hydrogens is 250 g/mol. The second-order valence-electron chi connectivity index (χ2n) is 5.04. The summed E-state index contributed by atoms with van der Waals surface area (Å²) in [6.07, 6.45) is 0. The quantitative estimate of drug-likeness (QED) is 0.877. The number of benzene rings is 1. The molecule has 0 aliphatic heterocycles. The van der Waals surface area contributed by atoms with Crippen LogP contribution in [0.3, 0.4) is 0 Å². The average Bonchev–Trinajstić information content (AvgIpc) is 2.42. The first-order valence-electron chi connectivity index (χ1n) is 6.74. The Kier molecular flexibility index (Phi) is 4.45. The molecule has 0 saturated carbocycles. The van der Waals surface area contributed by atoms with Crippen molar-refractivity contribution in [3.63, 3.8) is 0 Å². The van der Waals surface area contributed by atoms with Gasteiger partial charge in [-0.05, 0) is 45.0 Å². The van der Waals surface area contributed by atoms with Crippen LogP contribution in [-0.2, 0) is 0 Å². The second-order valence-corrected chi connectivity index (χ2v) is 5.04. The third-order valence-electron chi connectivity index (χ3n) is 3.04. The number of aromatic nitrogens is 1. The minimum absolute atomic E-state index is 0.159. The zero-order valence-electron chi connectivity index (χ0n) is 12.2. The van der Waals surface area contributed by atoms with Crippen molar-refractivity contribution < 1.29 is 4.74 Å². The Morgan fingerprint density at radius 1 is 1.15 bits per heavy atom. The minimum atomic E-state index is 0.159. The highest BCUT2D eigenvalue weighted by Crippen LogP contribution is 2.14. The number of nitrogens with one attached hydrogen (secondary N) is 1. The van der Waals surface area contributed by atoms with Gasteiger partial charge in [0.25, 0.3) is 0 Å². The van der Waals surface area contributed by atoms with E-state index in [9.17, 15) is 0 Å². The fourth-order valence-electron chi connectivity index (χ4n) is 1.80. The van der Waals surface area contributed by atoms with Gasteiger partial charge in [-0.2, -0.15) is 0 Å². The van der Waals surface area contributed by atoms with E-state index in [2.05, 4.69) is 24.1 Å². The molecule has 0 radical (unpaired) electrons. The summed E-state index contributed by atoms with van der Waals surface area (Å²) in [5.41, 5.74) is 8.52. The van der Waals surface area contributed by atoms with E-state index in [1.54, 1.807) is 0 Å². The molecule has 2 rings (SSSR count). The number of hydrogen-bond donors (Lipinski definition) is 2. The Balaban J connectivity index is 1.87. The highest BCUT2D eigenvalue weighted by molar-refractivity contribution is 5.49. The van der Waals surface area contributed by atoms with E-state index < -0.39 is 0 Å². The van der Waals surface area contributed by atoms with Gasteiger partial charge < -0.3 is 15.8 Å². The number of anilines is 2. The van der Waals surface area contributed by atoms with E-state index >= 15 is 0 Å². The molecule has 4 heteroatoms. The predicted molar refractivity (Wildman–Crippen MR) is 83.1 cm³/mol. The normalized spacial score (nSPS) is 11.9. The molecule has 0 aliphatic carbocycles. The van der Waals surface area contributed by atoms with Crippen molar-refractivity contribution in [3.05, 3.63) is 47.7 Å². The van der Waals surface area contributed by atoms with Crippen LogP contribution in [0, 0.1) is 13.8 Å². The van der Waals surface area contributed by atoms with Crippen LogP contribution in [0.25, 0.3) is 0 Å². The summed E-state index contributed by atoms with van der Waals surface area (Å²) in [4.78, 5) is 4.39. The largest absolute Gasteiger partial charge is 0.491 e. The van der Waals surface area contributed by atoms with Crippen LogP contribution in [0.4, 0.5) is 11.5 Å². The predicted octanol–water partition coefficient (Wildman–Crippen LogP) is 3.16. The number of nitrogens with zero attached hydrogens (tertiary/aromatic N) is 1. The second kappa shape index (κ2) is 6.28. The van der Waals surface area contributed by atoms with Crippen LogP contribution in [0.2, 0.25) is 0 Å². The molecule has 1 unspecified atom stereocenters. The van der Waals surface area contributed by atoms with Crippen molar-refractivity contribution in [1.82, 2.24) is 4.98 Å². The number of aryl methyl sites for hydroxylation is 2. The zero-order valence-corrected chi connectivity index (χ0v) is 12.2. The molecular formula is C16H21N3O. The first kappa shape index (κ1) is 14.2. The van der Waals surface area contributed by atoms with Crippen LogP contribution < -0.4 is 15.8 Å². The van der Waals surface area contributed by atoms with E-state index in [1.807, 2.05) is 43.3 Å². The van der Waals surface area contributed by atoms with Gasteiger partial charge in [-0.25, -0.2) is 4.98 Å². The topological polar surface area (TPSA) is 60.2 Å². The molecule has 2 aromatic rings. The maximum atomic E-state index is 5.75. The smallest absolute Gasteiger partial charge is 0.126 e. The van der Waals surface area contributed by atoms with Gasteiger partial charge in [-0.1, -0.05) is 17.7 Å². The third-order valence-corrected chi connectivity index (χ3v) is 3.04. The van der Waals surface area contributed by atoms with Gasteiger partial charge in [0.2, 0.25) is 0 Å². The average molecular weight is 271 g/mol. The molecule has 0 fully saturated rings. The molecule has 1 aromatic carbocycles. The first-order valence-corrected chi connectivity index (χ1v) is 6.74. The van der Waals surface area contributed by atoms with E-state index in [0.29, 0.717) is 12.3 Å². The van der Waals surface area contributed by atoms with Gasteiger partial charge in [0, 0.05) is 0 Å². The molecule has 0 spiro atoms. The molecule has 0 aliphatic rings. The lowest BCUT2D eigenvalue weighted by molar-refractivity contribution is 0.303. The van der Waals surface area contributed by atoms with Crippen molar-refractivity contribution in [1.29, 1.82) is 0 Å². The lowest BCUT2D eigenvalue weighted by atomic mass is 10.2. The Hall–Kier alpha value is -2.23. The van der Waals surface area contributed by atoms with E-state index in [4.69, 9.17) is 10.5 Å². The van der Waals surface area contributed by atoms with Crippen LogP contribution in [0.5, 0.6) is 5.75 Å². The lowest BCUT2D eigenvalue weighted by Crippen LogP contribution is -2.24. The number of hydrogen-bond acceptors (Lipinski definition) is 4. The molecule has 0 bridgehead atoms. The minimum Gasteiger partial charge on any atom is -0.491 e. The van der Waals surface area contributed by atoms with Gasteiger partial charge in [0.05, 0.1) is 17.4 Å². The summed E-state index contributed by atoms with van der Waals surface area (Å²) in [5.74, 6) is 1.70. The van der Waals surface area contributed by atoms with Crippen molar-refractivity contribution in [2.75, 3.05) is 17.7 Å². The van der Waals surface area contributed by atoms with Gasteiger partial charge in [0.15, 0.2) is 0 Å². The van der Waals surface area contributed by atoms with Gasteiger partial charge in [0.1, 0.15) is 18.2 Å². The number of pyridine rings is 1. The molecule has 4 nitrogen and oxygen atoms in total. The van der Waals surface area contributed by atoms with Crippen molar-refractivity contribution in [2.24, 2.45) is 0 Å². The highest BCUT2D eigenvalue weighted by Gasteiger charge is 2.05. The molecule has 0 amide bonds. The summed E-state index contributed by atoms with van der Waals surface area (Å²) in [5, 5.41) is 3.30. The lowest BCUT2D eigenvalue weighted by Gasteiger charge is -2.16. The number of ether oxygens (including phenoxy) is 1. The summed E-state index contributed by atoms with van der Waals surface area (Å²) in [6.45, 7) is 6.59. The van der Waals surface area contributed by atoms with Crippen molar-refractivity contribution >= 4 is 11.5 Å². The fourth-order valence-corrected chi connectivity index (χ4v) is 1.80. The Morgan fingerprint density at radius 3 is 2.50 bits per heavy atom. The molecule has 1 atom stereocenters. The van der Waals surface area contributed by atoms with E-state index in [-0.39, 0.29) is 6.04 Å². The third kappa shape index (κ3) is 3.88. The molecule has 1 heterocycles.